The topological polar surface area (TPSA) is 61.3 Å². The molecule has 0 bridgehead atoms. The predicted molar refractivity (Wildman–Crippen MR) is 76.6 cm³/mol. The molecule has 102 valence electrons. The van der Waals surface area contributed by atoms with Gasteiger partial charge in [-0.1, -0.05) is 30.6 Å². The van der Waals surface area contributed by atoms with E-state index in [1.807, 2.05) is 12.1 Å². The van der Waals surface area contributed by atoms with Crippen LogP contribution in [0.5, 0.6) is 5.75 Å². The minimum absolute atomic E-state index is 0.225. The fourth-order valence-electron chi connectivity index (χ4n) is 1.98. The molecule has 1 atom stereocenters. The summed E-state index contributed by atoms with van der Waals surface area (Å²) < 4.78 is 10.7. The molecule has 0 spiro atoms. The molecule has 1 aromatic carbocycles. The Bertz CT molecular complexity index is 581. The summed E-state index contributed by atoms with van der Waals surface area (Å²) in [5, 5.41) is 4.49. The highest BCUT2D eigenvalue weighted by molar-refractivity contribution is 6.31. The minimum Gasteiger partial charge on any atom is -0.496 e. The average Bonchev–Trinajstić information content (AvgIpc) is 2.79. The number of hydrogen-bond acceptors (Lipinski definition) is 4. The van der Waals surface area contributed by atoms with Gasteiger partial charge in [-0.25, -0.2) is 0 Å². The van der Waals surface area contributed by atoms with E-state index in [4.69, 9.17) is 26.6 Å². The molecule has 0 saturated heterocycles. The van der Waals surface area contributed by atoms with Gasteiger partial charge < -0.3 is 15.0 Å². The van der Waals surface area contributed by atoms with Crippen molar-refractivity contribution in [3.63, 3.8) is 0 Å². The molecule has 0 aliphatic heterocycles. The second-order valence-corrected chi connectivity index (χ2v) is 4.90. The molecule has 0 fully saturated rings. The van der Waals surface area contributed by atoms with Crippen LogP contribution in [0, 0.1) is 0 Å². The number of anilines is 1. The summed E-state index contributed by atoms with van der Waals surface area (Å²) >= 11 is 6.06. The molecular weight excluding hydrogens is 264 g/mol. The third-order valence-electron chi connectivity index (χ3n) is 3.24. The highest BCUT2D eigenvalue weighted by atomic mass is 35.5. The van der Waals surface area contributed by atoms with Crippen LogP contribution in [-0.2, 0) is 0 Å². The van der Waals surface area contributed by atoms with Crippen molar-refractivity contribution in [2.45, 2.75) is 26.2 Å². The second-order valence-electron chi connectivity index (χ2n) is 4.46. The maximum atomic E-state index is 6.06. The van der Waals surface area contributed by atoms with Crippen LogP contribution < -0.4 is 10.5 Å². The van der Waals surface area contributed by atoms with E-state index in [0.29, 0.717) is 16.6 Å². The number of ether oxygens (including phenoxy) is 1. The highest BCUT2D eigenvalue weighted by Gasteiger charge is 2.22. The zero-order valence-electron chi connectivity index (χ0n) is 11.2. The Morgan fingerprint density at radius 2 is 2.21 bits per heavy atom. The molecular formula is C14H17ClN2O2. The Balaban J connectivity index is 2.64. The van der Waals surface area contributed by atoms with Gasteiger partial charge in [-0.15, -0.1) is 0 Å². The number of hydrogen-bond donors (Lipinski definition) is 1. The van der Waals surface area contributed by atoms with Crippen LogP contribution in [0.15, 0.2) is 22.7 Å². The predicted octanol–water partition coefficient (Wildman–Crippen LogP) is 4.10. The molecule has 0 radical (unpaired) electrons. The summed E-state index contributed by atoms with van der Waals surface area (Å²) in [6.45, 7) is 4.16. The van der Waals surface area contributed by atoms with Crippen LogP contribution in [0.2, 0.25) is 5.02 Å². The first-order valence-corrected chi connectivity index (χ1v) is 6.55. The lowest BCUT2D eigenvalue weighted by Gasteiger charge is -2.11. The van der Waals surface area contributed by atoms with Crippen LogP contribution in [0.4, 0.5) is 5.82 Å². The second kappa shape index (κ2) is 5.53. The normalized spacial score (nSPS) is 12.4. The highest BCUT2D eigenvalue weighted by Crippen LogP contribution is 2.41. The first-order valence-electron chi connectivity index (χ1n) is 6.17. The SMILES string of the molecule is CCC(C)c1onc(N)c1-c1cc(Cl)ccc1OC. The zero-order valence-corrected chi connectivity index (χ0v) is 12.0. The van der Waals surface area contributed by atoms with Crippen molar-refractivity contribution in [1.29, 1.82) is 0 Å². The number of methoxy groups -OCH3 is 1. The first-order chi connectivity index (χ1) is 9.08. The summed E-state index contributed by atoms with van der Waals surface area (Å²) in [4.78, 5) is 0. The van der Waals surface area contributed by atoms with E-state index in [2.05, 4.69) is 19.0 Å². The van der Waals surface area contributed by atoms with Gasteiger partial charge in [0.15, 0.2) is 5.82 Å². The molecule has 2 aromatic rings. The van der Waals surface area contributed by atoms with Gasteiger partial charge >= 0.3 is 0 Å². The molecule has 4 nitrogen and oxygen atoms in total. The molecule has 2 rings (SSSR count). The van der Waals surface area contributed by atoms with Crippen LogP contribution >= 0.6 is 11.6 Å². The largest absolute Gasteiger partial charge is 0.496 e. The van der Waals surface area contributed by atoms with Crippen molar-refractivity contribution < 1.29 is 9.26 Å². The maximum Gasteiger partial charge on any atom is 0.175 e. The lowest BCUT2D eigenvalue weighted by Crippen LogP contribution is -1.96. The Morgan fingerprint density at radius 1 is 1.47 bits per heavy atom. The van der Waals surface area contributed by atoms with Gasteiger partial charge in [-0.3, -0.25) is 0 Å². The molecule has 1 heterocycles. The summed E-state index contributed by atoms with van der Waals surface area (Å²) in [6.07, 6.45) is 0.935. The van der Waals surface area contributed by atoms with Gasteiger partial charge in [0.25, 0.3) is 0 Å². The van der Waals surface area contributed by atoms with Crippen LogP contribution in [0.25, 0.3) is 11.1 Å². The third-order valence-corrected chi connectivity index (χ3v) is 3.47. The van der Waals surface area contributed by atoms with E-state index in [9.17, 15) is 0 Å². The van der Waals surface area contributed by atoms with Crippen LogP contribution in [0.1, 0.15) is 31.9 Å². The lowest BCUT2D eigenvalue weighted by molar-refractivity contribution is 0.366. The molecule has 0 aliphatic carbocycles. The number of nitrogens with two attached hydrogens (primary N) is 1. The maximum absolute atomic E-state index is 6.06. The van der Waals surface area contributed by atoms with Crippen molar-refractivity contribution in [1.82, 2.24) is 5.16 Å². The molecule has 0 saturated carbocycles. The third kappa shape index (κ3) is 2.54. The van der Waals surface area contributed by atoms with Crippen molar-refractivity contribution in [3.05, 3.63) is 29.0 Å². The van der Waals surface area contributed by atoms with E-state index >= 15 is 0 Å². The Kier molecular flexibility index (Phi) is 4.00. The zero-order chi connectivity index (χ0) is 14.0. The van der Waals surface area contributed by atoms with E-state index < -0.39 is 0 Å². The molecule has 19 heavy (non-hydrogen) atoms. The number of aromatic nitrogens is 1. The molecule has 0 aliphatic rings. The first kappa shape index (κ1) is 13.7. The molecule has 1 aromatic heterocycles. The van der Waals surface area contributed by atoms with Crippen LogP contribution in [0.3, 0.4) is 0 Å². The van der Waals surface area contributed by atoms with Crippen molar-refractivity contribution in [2.24, 2.45) is 0 Å². The molecule has 5 heteroatoms. The van der Waals surface area contributed by atoms with Gasteiger partial charge in [0, 0.05) is 16.5 Å². The Morgan fingerprint density at radius 3 is 2.84 bits per heavy atom. The average molecular weight is 281 g/mol. The van der Waals surface area contributed by atoms with Gasteiger partial charge in [-0.2, -0.15) is 0 Å². The van der Waals surface area contributed by atoms with E-state index in [1.165, 1.54) is 0 Å². The van der Waals surface area contributed by atoms with Crippen molar-refractivity contribution in [2.75, 3.05) is 12.8 Å². The monoisotopic (exact) mass is 280 g/mol. The molecule has 1 unspecified atom stereocenters. The minimum atomic E-state index is 0.225. The lowest BCUT2D eigenvalue weighted by atomic mass is 9.96. The number of nitrogens with zero attached hydrogens (tertiary/aromatic N) is 1. The van der Waals surface area contributed by atoms with E-state index in [-0.39, 0.29) is 5.92 Å². The smallest absolute Gasteiger partial charge is 0.175 e. The fourth-order valence-corrected chi connectivity index (χ4v) is 2.16. The fraction of sp³-hybridized carbons (Fsp3) is 0.357. The Hall–Kier alpha value is -1.68. The standard InChI is InChI=1S/C14H17ClN2O2/c1-4-8(2)13-12(14(16)17-19-13)10-7-9(15)5-6-11(10)18-3/h5-8H,4H2,1-3H3,(H2,16,17). The number of nitrogen functional groups attached to an aromatic ring is 1. The van der Waals surface area contributed by atoms with Gasteiger partial charge in [-0.05, 0) is 24.6 Å². The van der Waals surface area contributed by atoms with Gasteiger partial charge in [0.1, 0.15) is 11.5 Å². The van der Waals surface area contributed by atoms with Crippen molar-refractivity contribution >= 4 is 17.4 Å². The van der Waals surface area contributed by atoms with E-state index in [1.54, 1.807) is 13.2 Å². The summed E-state index contributed by atoms with van der Waals surface area (Å²) in [5.41, 5.74) is 7.52. The Labute approximate surface area is 117 Å². The van der Waals surface area contributed by atoms with Gasteiger partial charge in [0.05, 0.1) is 12.7 Å². The summed E-state index contributed by atoms with van der Waals surface area (Å²) in [5.74, 6) is 2.05. The van der Waals surface area contributed by atoms with Gasteiger partial charge in [0.2, 0.25) is 0 Å². The number of benzene rings is 1. The summed E-state index contributed by atoms with van der Waals surface area (Å²) in [7, 11) is 1.61. The number of rotatable bonds is 4. The van der Waals surface area contributed by atoms with Crippen molar-refractivity contribution in [3.8, 4) is 16.9 Å². The van der Waals surface area contributed by atoms with Crippen LogP contribution in [-0.4, -0.2) is 12.3 Å². The quantitative estimate of drug-likeness (QED) is 0.916. The molecule has 2 N–H and O–H groups in total. The summed E-state index contributed by atoms with van der Waals surface area (Å²) in [6, 6.07) is 5.40. The number of halogens is 1. The van der Waals surface area contributed by atoms with E-state index in [0.717, 1.165) is 23.3 Å². The molecule has 0 amide bonds.